The van der Waals surface area contributed by atoms with E-state index < -0.39 is 0 Å². The summed E-state index contributed by atoms with van der Waals surface area (Å²) < 4.78 is 5.56. The fourth-order valence-corrected chi connectivity index (χ4v) is 4.33. The second-order valence-corrected chi connectivity index (χ2v) is 6.88. The standard InChI is InChI=1S/C16H24O3/c1-9-6-13(19-11(3)18)15-14(12(9)8-17)10(2)7-16(15,4)5/h8-10,13,15H,6-7H2,1-5H3/t9-,10-,13-,15-/m1/s1. The van der Waals surface area contributed by atoms with Gasteiger partial charge in [0, 0.05) is 12.8 Å². The van der Waals surface area contributed by atoms with Crippen molar-refractivity contribution in [3.05, 3.63) is 11.1 Å². The van der Waals surface area contributed by atoms with Crippen LogP contribution in [0.4, 0.5) is 0 Å². The minimum Gasteiger partial charge on any atom is -0.462 e. The molecule has 3 nitrogen and oxygen atoms in total. The summed E-state index contributed by atoms with van der Waals surface area (Å²) in [4.78, 5) is 22.8. The van der Waals surface area contributed by atoms with Gasteiger partial charge in [-0.25, -0.2) is 0 Å². The number of carbonyl (C=O) groups excluding carboxylic acids is 2. The Morgan fingerprint density at radius 1 is 1.32 bits per heavy atom. The van der Waals surface area contributed by atoms with Crippen LogP contribution in [0.25, 0.3) is 0 Å². The van der Waals surface area contributed by atoms with Gasteiger partial charge in [-0.2, -0.15) is 0 Å². The summed E-state index contributed by atoms with van der Waals surface area (Å²) in [6.45, 7) is 10.1. The summed E-state index contributed by atoms with van der Waals surface area (Å²) in [5.74, 6) is 0.565. The van der Waals surface area contributed by atoms with E-state index in [-0.39, 0.29) is 29.3 Å². The molecule has 0 saturated heterocycles. The van der Waals surface area contributed by atoms with Gasteiger partial charge in [0.05, 0.1) is 0 Å². The summed E-state index contributed by atoms with van der Waals surface area (Å²) in [5.41, 5.74) is 2.28. The molecule has 0 N–H and O–H groups in total. The van der Waals surface area contributed by atoms with Crippen molar-refractivity contribution in [1.29, 1.82) is 0 Å². The van der Waals surface area contributed by atoms with Crippen molar-refractivity contribution in [2.75, 3.05) is 0 Å². The highest BCUT2D eigenvalue weighted by Gasteiger charge is 2.51. The number of hydrogen-bond acceptors (Lipinski definition) is 3. The van der Waals surface area contributed by atoms with Crippen LogP contribution in [-0.4, -0.2) is 18.4 Å². The predicted molar refractivity (Wildman–Crippen MR) is 73.5 cm³/mol. The van der Waals surface area contributed by atoms with E-state index in [9.17, 15) is 9.59 Å². The zero-order valence-corrected chi connectivity index (χ0v) is 12.5. The molecule has 0 radical (unpaired) electrons. The summed E-state index contributed by atoms with van der Waals surface area (Å²) in [5, 5.41) is 0. The van der Waals surface area contributed by atoms with Crippen LogP contribution in [0, 0.1) is 23.2 Å². The van der Waals surface area contributed by atoms with Crippen molar-refractivity contribution < 1.29 is 14.3 Å². The van der Waals surface area contributed by atoms with Crippen molar-refractivity contribution in [3.63, 3.8) is 0 Å². The highest BCUT2D eigenvalue weighted by molar-refractivity contribution is 5.77. The third kappa shape index (κ3) is 2.35. The van der Waals surface area contributed by atoms with Gasteiger partial charge in [0.25, 0.3) is 0 Å². The average molecular weight is 264 g/mol. The van der Waals surface area contributed by atoms with Crippen molar-refractivity contribution in [2.45, 2.75) is 53.6 Å². The maximum Gasteiger partial charge on any atom is 0.302 e. The number of esters is 1. The summed E-state index contributed by atoms with van der Waals surface area (Å²) in [6.07, 6.45) is 2.76. The van der Waals surface area contributed by atoms with E-state index in [4.69, 9.17) is 4.74 Å². The zero-order valence-electron chi connectivity index (χ0n) is 12.5. The monoisotopic (exact) mass is 264 g/mol. The number of rotatable bonds is 2. The van der Waals surface area contributed by atoms with Crippen LogP contribution in [0.1, 0.15) is 47.5 Å². The van der Waals surface area contributed by atoms with Crippen LogP contribution in [0.5, 0.6) is 0 Å². The molecule has 2 aliphatic carbocycles. The lowest BCUT2D eigenvalue weighted by molar-refractivity contribution is -0.151. The first kappa shape index (κ1) is 14.3. The number of allylic oxidation sites excluding steroid dienone is 1. The Morgan fingerprint density at radius 2 is 1.95 bits per heavy atom. The van der Waals surface area contributed by atoms with Gasteiger partial charge in [0.15, 0.2) is 0 Å². The Balaban J connectivity index is 2.48. The second kappa shape index (κ2) is 4.77. The minimum absolute atomic E-state index is 0.0776. The third-order valence-electron chi connectivity index (χ3n) is 4.81. The molecule has 1 saturated carbocycles. The van der Waals surface area contributed by atoms with Gasteiger partial charge in [-0.3, -0.25) is 9.59 Å². The number of carbonyl (C=O) groups is 2. The van der Waals surface area contributed by atoms with E-state index in [0.29, 0.717) is 5.92 Å². The minimum atomic E-state index is -0.221. The molecule has 0 aromatic carbocycles. The van der Waals surface area contributed by atoms with E-state index in [1.54, 1.807) is 0 Å². The molecule has 0 amide bonds. The third-order valence-corrected chi connectivity index (χ3v) is 4.81. The molecule has 2 aliphatic rings. The summed E-state index contributed by atoms with van der Waals surface area (Å²) in [6, 6.07) is 0. The van der Waals surface area contributed by atoms with Gasteiger partial charge >= 0.3 is 5.97 Å². The number of aldehydes is 1. The van der Waals surface area contributed by atoms with E-state index in [1.165, 1.54) is 12.5 Å². The Kier molecular flexibility index (Phi) is 3.59. The quantitative estimate of drug-likeness (QED) is 0.568. The largest absolute Gasteiger partial charge is 0.462 e. The smallest absolute Gasteiger partial charge is 0.302 e. The van der Waals surface area contributed by atoms with Crippen LogP contribution >= 0.6 is 0 Å². The Labute approximate surface area is 115 Å². The van der Waals surface area contributed by atoms with Gasteiger partial charge in [-0.1, -0.05) is 33.3 Å². The van der Waals surface area contributed by atoms with Crippen LogP contribution < -0.4 is 0 Å². The Hall–Kier alpha value is -1.12. The molecule has 19 heavy (non-hydrogen) atoms. The SMILES string of the molecule is CC(=O)O[C@@H]1C[C@@H](C)C(C=O)=C2[C@H](C)CC(C)(C)[C@@H]21. The first-order valence-electron chi connectivity index (χ1n) is 7.14. The first-order valence-corrected chi connectivity index (χ1v) is 7.14. The summed E-state index contributed by atoms with van der Waals surface area (Å²) in [7, 11) is 0. The van der Waals surface area contributed by atoms with Gasteiger partial charge < -0.3 is 4.74 Å². The first-order chi connectivity index (χ1) is 8.77. The molecule has 0 aliphatic heterocycles. The van der Waals surface area contributed by atoms with Crippen molar-refractivity contribution in [2.24, 2.45) is 23.2 Å². The van der Waals surface area contributed by atoms with Gasteiger partial charge in [-0.05, 0) is 35.7 Å². The molecule has 0 unspecified atom stereocenters. The van der Waals surface area contributed by atoms with E-state index in [0.717, 1.165) is 24.7 Å². The van der Waals surface area contributed by atoms with E-state index in [1.807, 2.05) is 0 Å². The number of ether oxygens (including phenoxy) is 1. The fraction of sp³-hybridized carbons (Fsp3) is 0.750. The highest BCUT2D eigenvalue weighted by Crippen LogP contribution is 2.56. The zero-order chi connectivity index (χ0) is 14.4. The van der Waals surface area contributed by atoms with Crippen molar-refractivity contribution in [3.8, 4) is 0 Å². The number of hydrogen-bond donors (Lipinski definition) is 0. The van der Waals surface area contributed by atoms with Gasteiger partial charge in [0.1, 0.15) is 12.4 Å². The molecular weight excluding hydrogens is 240 g/mol. The topological polar surface area (TPSA) is 43.4 Å². The second-order valence-electron chi connectivity index (χ2n) is 6.88. The van der Waals surface area contributed by atoms with Crippen LogP contribution in [0.3, 0.4) is 0 Å². The normalized spacial score (nSPS) is 36.9. The molecule has 0 aromatic rings. The van der Waals surface area contributed by atoms with Crippen LogP contribution in [0.2, 0.25) is 0 Å². The molecule has 0 aromatic heterocycles. The summed E-state index contributed by atoms with van der Waals surface area (Å²) >= 11 is 0. The Morgan fingerprint density at radius 3 is 2.47 bits per heavy atom. The van der Waals surface area contributed by atoms with Gasteiger partial charge in [0.2, 0.25) is 0 Å². The maximum absolute atomic E-state index is 11.4. The molecule has 4 atom stereocenters. The van der Waals surface area contributed by atoms with Crippen LogP contribution in [0.15, 0.2) is 11.1 Å². The number of fused-ring (bicyclic) bond motifs is 1. The molecule has 0 spiro atoms. The molecule has 0 heterocycles. The molecule has 106 valence electrons. The average Bonchev–Trinajstić information content (AvgIpc) is 2.48. The van der Waals surface area contributed by atoms with E-state index in [2.05, 4.69) is 27.7 Å². The molecule has 2 rings (SSSR count). The molecule has 1 fully saturated rings. The van der Waals surface area contributed by atoms with E-state index >= 15 is 0 Å². The lowest BCUT2D eigenvalue weighted by atomic mass is 9.69. The lowest BCUT2D eigenvalue weighted by Crippen LogP contribution is -2.39. The molecule has 3 heteroatoms. The molecular formula is C16H24O3. The lowest BCUT2D eigenvalue weighted by Gasteiger charge is -2.39. The van der Waals surface area contributed by atoms with Gasteiger partial charge in [-0.15, -0.1) is 0 Å². The predicted octanol–water partition coefficient (Wildman–Crippen LogP) is 3.14. The van der Waals surface area contributed by atoms with Crippen molar-refractivity contribution >= 4 is 12.3 Å². The Bertz CT molecular complexity index is 433. The van der Waals surface area contributed by atoms with Crippen LogP contribution in [-0.2, 0) is 14.3 Å². The highest BCUT2D eigenvalue weighted by atomic mass is 16.5. The fourth-order valence-electron chi connectivity index (χ4n) is 4.33. The maximum atomic E-state index is 11.4. The molecule has 0 bridgehead atoms. The van der Waals surface area contributed by atoms with Crippen molar-refractivity contribution in [1.82, 2.24) is 0 Å².